The highest BCUT2D eigenvalue weighted by molar-refractivity contribution is 8.00. The van der Waals surface area contributed by atoms with E-state index in [1.165, 1.54) is 6.42 Å². The van der Waals surface area contributed by atoms with Gasteiger partial charge in [0, 0.05) is 20.1 Å². The molecule has 1 amide bonds. The first-order valence-corrected chi connectivity index (χ1v) is 10.2. The largest absolute Gasteiger partial charge is 0.342 e. The van der Waals surface area contributed by atoms with E-state index in [1.807, 2.05) is 34.0 Å². The molecule has 1 atom stereocenters. The first kappa shape index (κ1) is 17.5. The lowest BCUT2D eigenvalue weighted by molar-refractivity contribution is -0.132. The van der Waals surface area contributed by atoms with E-state index in [-0.39, 0.29) is 17.1 Å². The van der Waals surface area contributed by atoms with Crippen LogP contribution in [0.1, 0.15) is 33.1 Å². The lowest BCUT2D eigenvalue weighted by Gasteiger charge is -2.31. The molecule has 1 saturated heterocycles. The zero-order chi connectivity index (χ0) is 17.1. The Kier molecular flexibility index (Phi) is 5.61. The Morgan fingerprint density at radius 3 is 2.62 bits per heavy atom. The lowest BCUT2D eigenvalue weighted by atomic mass is 10.1. The van der Waals surface area contributed by atoms with Crippen molar-refractivity contribution in [3.05, 3.63) is 17.5 Å². The number of likely N-dealkylation sites (tertiary alicyclic amines) is 1. The van der Waals surface area contributed by atoms with Gasteiger partial charge in [0.25, 0.3) is 0 Å². The molecule has 2 aromatic heterocycles. The summed E-state index contributed by atoms with van der Waals surface area (Å²) in [5.74, 6) is 1.36. The number of rotatable bonds is 5. The maximum absolute atomic E-state index is 12.9. The van der Waals surface area contributed by atoms with Crippen LogP contribution in [-0.4, -0.2) is 43.9 Å². The second-order valence-corrected chi connectivity index (χ2v) is 8.57. The molecule has 1 aliphatic rings. The van der Waals surface area contributed by atoms with E-state index in [9.17, 15) is 4.79 Å². The van der Waals surface area contributed by atoms with Crippen LogP contribution in [0.5, 0.6) is 0 Å². The van der Waals surface area contributed by atoms with Crippen LogP contribution in [0.15, 0.2) is 22.7 Å². The van der Waals surface area contributed by atoms with Crippen LogP contribution in [0.25, 0.3) is 10.7 Å². The minimum absolute atomic E-state index is 0.109. The molecule has 3 heterocycles. The average Bonchev–Trinajstić information content (AvgIpc) is 3.22. The molecule has 1 fully saturated rings. The van der Waals surface area contributed by atoms with Crippen molar-refractivity contribution >= 4 is 29.0 Å². The van der Waals surface area contributed by atoms with Gasteiger partial charge in [-0.05, 0) is 36.6 Å². The third kappa shape index (κ3) is 3.67. The highest BCUT2D eigenvalue weighted by Gasteiger charge is 2.30. The SMILES string of the molecule is CC(C)C(Sc1nnc(-c2cccs2)n1C)C(=O)N1CCCCC1. The van der Waals surface area contributed by atoms with Gasteiger partial charge in [0.1, 0.15) is 0 Å². The summed E-state index contributed by atoms with van der Waals surface area (Å²) in [5.41, 5.74) is 0. The first-order valence-electron chi connectivity index (χ1n) is 8.46. The zero-order valence-corrected chi connectivity index (χ0v) is 16.1. The number of thioether (sulfide) groups is 1. The van der Waals surface area contributed by atoms with Crippen molar-refractivity contribution in [3.8, 4) is 10.7 Å². The third-order valence-electron chi connectivity index (χ3n) is 4.33. The van der Waals surface area contributed by atoms with Crippen molar-refractivity contribution in [1.29, 1.82) is 0 Å². The minimum atomic E-state index is -0.109. The summed E-state index contributed by atoms with van der Waals surface area (Å²) in [7, 11) is 1.97. The van der Waals surface area contributed by atoms with Crippen LogP contribution in [0.2, 0.25) is 0 Å². The van der Waals surface area contributed by atoms with E-state index in [2.05, 4.69) is 24.0 Å². The Balaban J connectivity index is 1.77. The van der Waals surface area contributed by atoms with Gasteiger partial charge in [0.15, 0.2) is 11.0 Å². The Hall–Kier alpha value is -1.34. The normalized spacial score (nSPS) is 16.6. The summed E-state index contributed by atoms with van der Waals surface area (Å²) < 4.78 is 2.00. The van der Waals surface area contributed by atoms with Gasteiger partial charge in [-0.3, -0.25) is 4.79 Å². The molecule has 7 heteroatoms. The van der Waals surface area contributed by atoms with Gasteiger partial charge in [-0.25, -0.2) is 0 Å². The van der Waals surface area contributed by atoms with Gasteiger partial charge in [-0.2, -0.15) is 0 Å². The van der Waals surface area contributed by atoms with E-state index >= 15 is 0 Å². The second-order valence-electron chi connectivity index (χ2n) is 6.51. The predicted octanol–water partition coefficient (Wildman–Crippen LogP) is 3.67. The fourth-order valence-corrected chi connectivity index (χ4v) is 4.74. The molecule has 0 radical (unpaired) electrons. The van der Waals surface area contributed by atoms with Crippen LogP contribution >= 0.6 is 23.1 Å². The molecule has 0 spiro atoms. The topological polar surface area (TPSA) is 51.0 Å². The van der Waals surface area contributed by atoms with E-state index in [1.54, 1.807) is 23.1 Å². The van der Waals surface area contributed by atoms with Crippen molar-refractivity contribution in [2.45, 2.75) is 43.5 Å². The fraction of sp³-hybridized carbons (Fsp3) is 0.588. The van der Waals surface area contributed by atoms with E-state index in [0.717, 1.165) is 41.8 Å². The van der Waals surface area contributed by atoms with Crippen molar-refractivity contribution in [1.82, 2.24) is 19.7 Å². The van der Waals surface area contributed by atoms with E-state index in [0.29, 0.717) is 0 Å². The number of piperidine rings is 1. The number of thiophene rings is 1. The number of hydrogen-bond donors (Lipinski definition) is 0. The number of carbonyl (C=O) groups is 1. The highest BCUT2D eigenvalue weighted by Crippen LogP contribution is 2.32. The Morgan fingerprint density at radius 2 is 2.00 bits per heavy atom. The number of hydrogen-bond acceptors (Lipinski definition) is 5. The zero-order valence-electron chi connectivity index (χ0n) is 14.4. The molecule has 0 saturated carbocycles. The van der Waals surface area contributed by atoms with Crippen LogP contribution < -0.4 is 0 Å². The van der Waals surface area contributed by atoms with Gasteiger partial charge in [0.05, 0.1) is 10.1 Å². The smallest absolute Gasteiger partial charge is 0.236 e. The standard InChI is InChI=1S/C17H24N4OS2/c1-12(2)14(16(22)21-9-5-4-6-10-21)24-17-19-18-15(20(17)3)13-8-7-11-23-13/h7-8,11-12,14H,4-6,9-10H2,1-3H3. The number of nitrogens with zero attached hydrogens (tertiary/aromatic N) is 4. The molecular formula is C17H24N4OS2. The van der Waals surface area contributed by atoms with Crippen molar-refractivity contribution in [3.63, 3.8) is 0 Å². The number of carbonyl (C=O) groups excluding carboxylic acids is 1. The van der Waals surface area contributed by atoms with E-state index in [4.69, 9.17) is 0 Å². The molecule has 0 N–H and O–H groups in total. The van der Waals surface area contributed by atoms with Gasteiger partial charge in [-0.1, -0.05) is 31.7 Å². The number of aromatic nitrogens is 3. The molecule has 5 nitrogen and oxygen atoms in total. The molecule has 1 aliphatic heterocycles. The summed E-state index contributed by atoms with van der Waals surface area (Å²) in [6.07, 6.45) is 3.47. The van der Waals surface area contributed by atoms with Gasteiger partial charge >= 0.3 is 0 Å². The van der Waals surface area contributed by atoms with Crippen molar-refractivity contribution < 1.29 is 4.79 Å². The van der Waals surface area contributed by atoms with Crippen LogP contribution in [0.4, 0.5) is 0 Å². The Morgan fingerprint density at radius 1 is 1.25 bits per heavy atom. The van der Waals surface area contributed by atoms with E-state index < -0.39 is 0 Å². The molecule has 2 aromatic rings. The lowest BCUT2D eigenvalue weighted by Crippen LogP contribution is -2.42. The van der Waals surface area contributed by atoms with Crippen LogP contribution in [-0.2, 0) is 11.8 Å². The fourth-order valence-electron chi connectivity index (χ4n) is 2.92. The van der Waals surface area contributed by atoms with Gasteiger partial charge < -0.3 is 9.47 Å². The summed E-state index contributed by atoms with van der Waals surface area (Å²) in [6.45, 7) is 6.00. The summed E-state index contributed by atoms with van der Waals surface area (Å²) in [5, 5.41) is 11.4. The van der Waals surface area contributed by atoms with Crippen LogP contribution in [0, 0.1) is 5.92 Å². The second kappa shape index (κ2) is 7.70. The first-order chi connectivity index (χ1) is 11.6. The van der Waals surface area contributed by atoms with Gasteiger partial charge in [-0.15, -0.1) is 21.5 Å². The van der Waals surface area contributed by atoms with Crippen molar-refractivity contribution in [2.75, 3.05) is 13.1 Å². The van der Waals surface area contributed by atoms with Gasteiger partial charge in [0.2, 0.25) is 5.91 Å². The summed E-state index contributed by atoms with van der Waals surface area (Å²) in [4.78, 5) is 16.1. The maximum atomic E-state index is 12.9. The molecule has 3 rings (SSSR count). The summed E-state index contributed by atoms with van der Waals surface area (Å²) in [6, 6.07) is 4.06. The molecule has 0 aromatic carbocycles. The molecule has 24 heavy (non-hydrogen) atoms. The van der Waals surface area contributed by atoms with Crippen molar-refractivity contribution in [2.24, 2.45) is 13.0 Å². The monoisotopic (exact) mass is 364 g/mol. The number of amides is 1. The Labute approximate surface area is 151 Å². The van der Waals surface area contributed by atoms with Crippen LogP contribution in [0.3, 0.4) is 0 Å². The molecule has 0 bridgehead atoms. The maximum Gasteiger partial charge on any atom is 0.236 e. The minimum Gasteiger partial charge on any atom is -0.342 e. The summed E-state index contributed by atoms with van der Waals surface area (Å²) >= 11 is 3.20. The molecule has 130 valence electrons. The molecular weight excluding hydrogens is 340 g/mol. The molecule has 0 aliphatic carbocycles. The molecule has 1 unspecified atom stereocenters. The average molecular weight is 365 g/mol. The third-order valence-corrected chi connectivity index (χ3v) is 6.76. The highest BCUT2D eigenvalue weighted by atomic mass is 32.2. The Bertz CT molecular complexity index is 675. The predicted molar refractivity (Wildman–Crippen MR) is 99.2 cm³/mol. The quantitative estimate of drug-likeness (QED) is 0.760.